The van der Waals surface area contributed by atoms with Crippen LogP contribution in [0.3, 0.4) is 0 Å². The first-order chi connectivity index (χ1) is 13.2. The van der Waals surface area contributed by atoms with E-state index in [4.69, 9.17) is 5.14 Å². The summed E-state index contributed by atoms with van der Waals surface area (Å²) in [5.74, 6) is 0. The summed E-state index contributed by atoms with van der Waals surface area (Å²) in [4.78, 5) is -0.237. The normalized spacial score (nSPS) is 12.2. The summed E-state index contributed by atoms with van der Waals surface area (Å²) in [5, 5.41) is 8.30. The van der Waals surface area contributed by atoms with E-state index in [0.29, 0.717) is 17.7 Å². The summed E-state index contributed by atoms with van der Waals surface area (Å²) in [5.41, 5.74) is 1.26. The van der Waals surface area contributed by atoms with E-state index in [1.165, 1.54) is 24.3 Å². The highest BCUT2D eigenvalue weighted by molar-refractivity contribution is 7.93. The van der Waals surface area contributed by atoms with Crippen LogP contribution in [0.2, 0.25) is 0 Å². The zero-order valence-electron chi connectivity index (χ0n) is 14.9. The standard InChI is InChI=1S/C16H19N5O4S3/c1-2-3-9-18-12-8-7-11(27(17,22)23)10-14(12)21-28(24,25)15-6-4-5-13-16(15)20-26-19-13/h4-8,10,18,21H,2-3,9H2,1H3,(H2,17,22,23). The summed E-state index contributed by atoms with van der Waals surface area (Å²) in [6.45, 7) is 2.63. The van der Waals surface area contributed by atoms with E-state index < -0.39 is 20.0 Å². The Kier molecular flexibility index (Phi) is 5.84. The number of hydrogen-bond donors (Lipinski definition) is 3. The minimum absolute atomic E-state index is 0.0423. The molecule has 0 aliphatic carbocycles. The number of rotatable bonds is 8. The maximum Gasteiger partial charge on any atom is 0.264 e. The number of nitrogens with two attached hydrogens (primary N) is 1. The predicted octanol–water partition coefficient (Wildman–Crippen LogP) is 2.35. The number of benzene rings is 2. The van der Waals surface area contributed by atoms with E-state index in [9.17, 15) is 16.8 Å². The van der Waals surface area contributed by atoms with Gasteiger partial charge in [0.1, 0.15) is 15.9 Å². The molecule has 28 heavy (non-hydrogen) atoms. The van der Waals surface area contributed by atoms with Gasteiger partial charge in [0.15, 0.2) is 0 Å². The van der Waals surface area contributed by atoms with Gasteiger partial charge in [-0.25, -0.2) is 22.0 Å². The highest BCUT2D eigenvalue weighted by Crippen LogP contribution is 2.29. The molecule has 0 atom stereocenters. The van der Waals surface area contributed by atoms with Gasteiger partial charge in [-0.1, -0.05) is 19.4 Å². The van der Waals surface area contributed by atoms with Crippen molar-refractivity contribution < 1.29 is 16.8 Å². The molecule has 2 aromatic carbocycles. The first kappa shape index (κ1) is 20.5. The van der Waals surface area contributed by atoms with Crippen LogP contribution in [0.1, 0.15) is 19.8 Å². The quantitative estimate of drug-likeness (QED) is 0.455. The third kappa shape index (κ3) is 4.41. The lowest BCUT2D eigenvalue weighted by atomic mass is 10.2. The van der Waals surface area contributed by atoms with Crippen LogP contribution < -0.4 is 15.2 Å². The molecule has 0 fully saturated rings. The number of nitrogens with one attached hydrogen (secondary N) is 2. The number of primary sulfonamides is 1. The van der Waals surface area contributed by atoms with E-state index in [-0.39, 0.29) is 21.0 Å². The first-order valence-electron chi connectivity index (χ1n) is 8.37. The Labute approximate surface area is 167 Å². The smallest absolute Gasteiger partial charge is 0.264 e. The zero-order chi connectivity index (χ0) is 20.4. The van der Waals surface area contributed by atoms with Gasteiger partial charge in [-0.3, -0.25) is 4.72 Å². The fourth-order valence-corrected chi connectivity index (χ4v) is 4.91. The lowest BCUT2D eigenvalue weighted by molar-refractivity contribution is 0.596. The average Bonchev–Trinajstić information content (AvgIpc) is 3.10. The van der Waals surface area contributed by atoms with Crippen LogP contribution in [-0.4, -0.2) is 32.1 Å². The third-order valence-corrected chi connectivity index (χ3v) is 6.80. The predicted molar refractivity (Wildman–Crippen MR) is 109 cm³/mol. The molecular weight excluding hydrogens is 422 g/mol. The molecule has 0 saturated heterocycles. The van der Waals surface area contributed by atoms with Gasteiger partial charge in [-0.2, -0.15) is 8.75 Å². The van der Waals surface area contributed by atoms with Gasteiger partial charge in [0.25, 0.3) is 10.0 Å². The van der Waals surface area contributed by atoms with Crippen molar-refractivity contribution in [2.75, 3.05) is 16.6 Å². The molecule has 0 aliphatic heterocycles. The van der Waals surface area contributed by atoms with E-state index >= 15 is 0 Å². The summed E-state index contributed by atoms with van der Waals surface area (Å²) < 4.78 is 59.9. The fourth-order valence-electron chi connectivity index (χ4n) is 2.54. The van der Waals surface area contributed by atoms with Crippen LogP contribution in [0.4, 0.5) is 11.4 Å². The Morgan fingerprint density at radius 1 is 1.07 bits per heavy atom. The van der Waals surface area contributed by atoms with Gasteiger partial charge >= 0.3 is 0 Å². The van der Waals surface area contributed by atoms with Crippen molar-refractivity contribution in [1.29, 1.82) is 0 Å². The van der Waals surface area contributed by atoms with E-state index in [2.05, 4.69) is 18.8 Å². The van der Waals surface area contributed by atoms with Crippen LogP contribution in [0, 0.1) is 0 Å². The van der Waals surface area contributed by atoms with Crippen molar-refractivity contribution in [2.24, 2.45) is 5.14 Å². The van der Waals surface area contributed by atoms with E-state index in [0.717, 1.165) is 24.6 Å². The van der Waals surface area contributed by atoms with Crippen LogP contribution in [0.5, 0.6) is 0 Å². The molecule has 12 heteroatoms. The molecule has 3 rings (SSSR count). The molecule has 1 heterocycles. The van der Waals surface area contributed by atoms with Gasteiger partial charge in [-0.05, 0) is 36.8 Å². The second-order valence-corrected chi connectivity index (χ2v) is 9.77. The first-order valence-corrected chi connectivity index (χ1v) is 12.1. The molecule has 3 aromatic rings. The molecule has 0 amide bonds. The Balaban J connectivity index is 2.04. The van der Waals surface area contributed by atoms with Crippen molar-refractivity contribution in [2.45, 2.75) is 29.6 Å². The number of nitrogens with zero attached hydrogens (tertiary/aromatic N) is 2. The number of hydrogen-bond acceptors (Lipinski definition) is 8. The fraction of sp³-hybridized carbons (Fsp3) is 0.250. The molecule has 0 radical (unpaired) electrons. The molecule has 9 nitrogen and oxygen atoms in total. The monoisotopic (exact) mass is 441 g/mol. The van der Waals surface area contributed by atoms with Gasteiger partial charge in [0.05, 0.1) is 28.0 Å². The van der Waals surface area contributed by atoms with Crippen molar-refractivity contribution in [3.05, 3.63) is 36.4 Å². The van der Waals surface area contributed by atoms with E-state index in [1.807, 2.05) is 6.92 Å². The molecule has 0 aliphatic rings. The minimum Gasteiger partial charge on any atom is -0.383 e. The summed E-state index contributed by atoms with van der Waals surface area (Å²) in [6, 6.07) is 8.65. The topological polar surface area (TPSA) is 144 Å². The van der Waals surface area contributed by atoms with Crippen LogP contribution in [0.25, 0.3) is 11.0 Å². The van der Waals surface area contributed by atoms with Crippen LogP contribution in [0.15, 0.2) is 46.2 Å². The number of sulfonamides is 2. The Bertz CT molecular complexity index is 1210. The molecule has 0 saturated carbocycles. The molecular formula is C16H19N5O4S3. The minimum atomic E-state index is -4.05. The molecule has 1 aromatic heterocycles. The Hall–Kier alpha value is -2.28. The average molecular weight is 442 g/mol. The zero-order valence-corrected chi connectivity index (χ0v) is 17.4. The summed E-state index contributed by atoms with van der Waals surface area (Å²) in [6.07, 6.45) is 1.81. The van der Waals surface area contributed by atoms with Gasteiger partial charge in [0.2, 0.25) is 10.0 Å². The Morgan fingerprint density at radius 2 is 1.86 bits per heavy atom. The second kappa shape index (κ2) is 7.99. The lowest BCUT2D eigenvalue weighted by Crippen LogP contribution is -2.17. The largest absolute Gasteiger partial charge is 0.383 e. The molecule has 0 bridgehead atoms. The van der Waals surface area contributed by atoms with Gasteiger partial charge in [-0.15, -0.1) is 0 Å². The van der Waals surface area contributed by atoms with Crippen molar-refractivity contribution in [3.63, 3.8) is 0 Å². The Morgan fingerprint density at radius 3 is 2.57 bits per heavy atom. The van der Waals surface area contributed by atoms with Crippen LogP contribution in [-0.2, 0) is 20.0 Å². The maximum absolute atomic E-state index is 13.0. The highest BCUT2D eigenvalue weighted by atomic mass is 32.2. The number of anilines is 2. The van der Waals surface area contributed by atoms with Gasteiger partial charge in [0, 0.05) is 6.54 Å². The molecule has 0 spiro atoms. The van der Waals surface area contributed by atoms with Gasteiger partial charge < -0.3 is 5.32 Å². The third-order valence-electron chi connectivity index (χ3n) is 3.95. The molecule has 4 N–H and O–H groups in total. The van der Waals surface area contributed by atoms with Crippen molar-refractivity contribution in [1.82, 2.24) is 8.75 Å². The highest BCUT2D eigenvalue weighted by Gasteiger charge is 2.22. The number of fused-ring (bicyclic) bond motifs is 1. The maximum atomic E-state index is 13.0. The summed E-state index contributed by atoms with van der Waals surface area (Å²) in [7, 11) is -8.04. The second-order valence-electron chi connectivity index (χ2n) is 6.03. The molecule has 0 unspecified atom stereocenters. The number of aromatic nitrogens is 2. The lowest BCUT2D eigenvalue weighted by Gasteiger charge is -2.15. The van der Waals surface area contributed by atoms with E-state index in [1.54, 1.807) is 12.1 Å². The molecule has 150 valence electrons. The van der Waals surface area contributed by atoms with Crippen molar-refractivity contribution >= 4 is 54.2 Å². The number of unbranched alkanes of at least 4 members (excludes halogenated alkanes) is 1. The van der Waals surface area contributed by atoms with Crippen LogP contribution >= 0.6 is 11.7 Å². The summed E-state index contributed by atoms with van der Waals surface area (Å²) >= 11 is 0.912. The SMILES string of the molecule is CCCCNc1ccc(S(N)(=O)=O)cc1NS(=O)(=O)c1cccc2nsnc12. The van der Waals surface area contributed by atoms with Crippen molar-refractivity contribution in [3.8, 4) is 0 Å².